The molecule has 7 heteroatoms. The van der Waals surface area contributed by atoms with Crippen molar-refractivity contribution in [3.05, 3.63) is 100 Å². The molecule has 0 radical (unpaired) electrons. The third kappa shape index (κ3) is 4.08. The van der Waals surface area contributed by atoms with Gasteiger partial charge in [0.1, 0.15) is 18.1 Å². The molecule has 0 aliphatic heterocycles. The fourth-order valence-electron chi connectivity index (χ4n) is 2.91. The van der Waals surface area contributed by atoms with Gasteiger partial charge in [0, 0.05) is 23.2 Å². The van der Waals surface area contributed by atoms with E-state index < -0.39 is 10.8 Å². The Hall–Kier alpha value is -4.13. The Bertz CT molecular complexity index is 1180. The summed E-state index contributed by atoms with van der Waals surface area (Å²) < 4.78 is 11.4. The van der Waals surface area contributed by atoms with Crippen molar-refractivity contribution in [3.8, 4) is 5.75 Å². The van der Waals surface area contributed by atoms with E-state index in [-0.39, 0.29) is 18.1 Å². The first-order chi connectivity index (χ1) is 14.1. The van der Waals surface area contributed by atoms with Crippen LogP contribution in [0.3, 0.4) is 0 Å². The van der Waals surface area contributed by atoms with Gasteiger partial charge in [0.25, 0.3) is 11.6 Å². The second-order valence-electron chi connectivity index (χ2n) is 6.29. The lowest BCUT2D eigenvalue weighted by Crippen LogP contribution is -2.10. The molecular formula is C22H16N2O5. The second-order valence-corrected chi connectivity index (χ2v) is 6.29. The molecule has 144 valence electrons. The van der Waals surface area contributed by atoms with Crippen molar-refractivity contribution in [1.82, 2.24) is 0 Å². The van der Waals surface area contributed by atoms with E-state index in [1.54, 1.807) is 12.1 Å². The van der Waals surface area contributed by atoms with Crippen molar-refractivity contribution in [3.63, 3.8) is 0 Å². The van der Waals surface area contributed by atoms with E-state index in [1.807, 2.05) is 42.5 Å². The van der Waals surface area contributed by atoms with E-state index in [0.29, 0.717) is 11.4 Å². The molecule has 4 aromatic rings. The number of nitro benzene ring substituents is 1. The summed E-state index contributed by atoms with van der Waals surface area (Å²) in [5.41, 5.74) is 0.388. The normalized spacial score (nSPS) is 10.6. The Morgan fingerprint density at radius 3 is 2.52 bits per heavy atom. The highest BCUT2D eigenvalue weighted by Gasteiger charge is 2.13. The fraction of sp³-hybridized carbons (Fsp3) is 0.0455. The number of nitro groups is 1. The van der Waals surface area contributed by atoms with Crippen LogP contribution in [0, 0.1) is 10.1 Å². The number of anilines is 1. The van der Waals surface area contributed by atoms with Gasteiger partial charge in [0.05, 0.1) is 4.92 Å². The van der Waals surface area contributed by atoms with Crippen LogP contribution >= 0.6 is 0 Å². The standard InChI is InChI=1S/C22H16N2O5/c25-22(23-16-8-10-17(11-9-16)24(26)27)21-13-12-18(29-21)14-28-20-7-3-5-15-4-1-2-6-19(15)20/h1-13H,14H2,(H,23,25). The summed E-state index contributed by atoms with van der Waals surface area (Å²) in [4.78, 5) is 22.5. The van der Waals surface area contributed by atoms with Gasteiger partial charge < -0.3 is 14.5 Å². The number of amides is 1. The molecule has 0 atom stereocenters. The average Bonchev–Trinajstić information content (AvgIpc) is 3.22. The van der Waals surface area contributed by atoms with Crippen molar-refractivity contribution in [2.24, 2.45) is 0 Å². The van der Waals surface area contributed by atoms with Gasteiger partial charge in [-0.2, -0.15) is 0 Å². The van der Waals surface area contributed by atoms with Crippen LogP contribution in [0.4, 0.5) is 11.4 Å². The molecule has 3 aromatic carbocycles. The summed E-state index contributed by atoms with van der Waals surface area (Å²) in [6.07, 6.45) is 0. The van der Waals surface area contributed by atoms with Crippen LogP contribution in [0.2, 0.25) is 0 Å². The molecule has 0 saturated carbocycles. The molecule has 0 aliphatic rings. The number of hydrogen-bond acceptors (Lipinski definition) is 5. The predicted octanol–water partition coefficient (Wildman–Crippen LogP) is 5.17. The Kier molecular flexibility index (Phi) is 4.94. The zero-order valence-corrected chi connectivity index (χ0v) is 15.2. The van der Waals surface area contributed by atoms with Gasteiger partial charge in [-0.3, -0.25) is 14.9 Å². The molecule has 4 rings (SSSR count). The summed E-state index contributed by atoms with van der Waals surface area (Å²) >= 11 is 0. The number of nitrogens with zero attached hydrogens (tertiary/aromatic N) is 1. The van der Waals surface area contributed by atoms with Gasteiger partial charge in [0.2, 0.25) is 0 Å². The number of benzene rings is 3. The molecule has 7 nitrogen and oxygen atoms in total. The molecule has 0 saturated heterocycles. The van der Waals surface area contributed by atoms with E-state index in [9.17, 15) is 14.9 Å². The van der Waals surface area contributed by atoms with Crippen molar-refractivity contribution < 1.29 is 18.9 Å². The van der Waals surface area contributed by atoms with Crippen LogP contribution in [0.15, 0.2) is 83.3 Å². The first-order valence-electron chi connectivity index (χ1n) is 8.85. The van der Waals surface area contributed by atoms with E-state index in [2.05, 4.69) is 5.32 Å². The van der Waals surface area contributed by atoms with E-state index in [0.717, 1.165) is 16.5 Å². The highest BCUT2D eigenvalue weighted by molar-refractivity contribution is 6.02. The van der Waals surface area contributed by atoms with Gasteiger partial charge in [-0.05, 0) is 35.7 Å². The SMILES string of the molecule is O=C(Nc1ccc([N+](=O)[O-])cc1)c1ccc(COc2cccc3ccccc23)o1. The molecule has 0 bridgehead atoms. The first-order valence-corrected chi connectivity index (χ1v) is 8.85. The zero-order valence-electron chi connectivity index (χ0n) is 15.2. The Labute approximate surface area is 165 Å². The second kappa shape index (κ2) is 7.85. The van der Waals surface area contributed by atoms with Gasteiger partial charge in [0.15, 0.2) is 5.76 Å². The molecule has 1 N–H and O–H groups in total. The minimum Gasteiger partial charge on any atom is -0.485 e. The molecule has 29 heavy (non-hydrogen) atoms. The van der Waals surface area contributed by atoms with Crippen molar-refractivity contribution in [2.45, 2.75) is 6.61 Å². The highest BCUT2D eigenvalue weighted by Crippen LogP contribution is 2.26. The Balaban J connectivity index is 1.41. The minimum absolute atomic E-state index is 0.0473. The lowest BCUT2D eigenvalue weighted by atomic mass is 10.1. The highest BCUT2D eigenvalue weighted by atomic mass is 16.6. The summed E-state index contributed by atoms with van der Waals surface area (Å²) in [5, 5.41) is 15.4. The summed E-state index contributed by atoms with van der Waals surface area (Å²) in [7, 11) is 0. The van der Waals surface area contributed by atoms with Gasteiger partial charge >= 0.3 is 0 Å². The van der Waals surface area contributed by atoms with Gasteiger partial charge in [-0.15, -0.1) is 0 Å². The maximum atomic E-state index is 12.3. The summed E-state index contributed by atoms with van der Waals surface area (Å²) in [6.45, 7) is 0.179. The van der Waals surface area contributed by atoms with Crippen LogP contribution in [-0.2, 0) is 6.61 Å². The number of hydrogen-bond donors (Lipinski definition) is 1. The lowest BCUT2D eigenvalue weighted by molar-refractivity contribution is -0.384. The minimum atomic E-state index is -0.500. The van der Waals surface area contributed by atoms with Crippen LogP contribution in [-0.4, -0.2) is 10.8 Å². The number of non-ortho nitro benzene ring substituents is 1. The summed E-state index contributed by atoms with van der Waals surface area (Å²) in [6, 6.07) is 22.5. The fourth-order valence-corrected chi connectivity index (χ4v) is 2.91. The number of rotatable bonds is 6. The number of nitrogens with one attached hydrogen (secondary N) is 1. The molecule has 1 aromatic heterocycles. The monoisotopic (exact) mass is 388 g/mol. The third-order valence-corrected chi connectivity index (χ3v) is 4.34. The Morgan fingerprint density at radius 2 is 1.72 bits per heavy atom. The number of carbonyl (C=O) groups is 1. The smallest absolute Gasteiger partial charge is 0.291 e. The first kappa shape index (κ1) is 18.2. The molecular weight excluding hydrogens is 372 g/mol. The summed E-state index contributed by atoms with van der Waals surface area (Å²) in [5.74, 6) is 0.915. The molecule has 0 unspecified atom stereocenters. The number of furan rings is 1. The molecule has 0 fully saturated rings. The molecule has 0 aliphatic carbocycles. The quantitative estimate of drug-likeness (QED) is 0.363. The van der Waals surface area contributed by atoms with Gasteiger partial charge in [-0.25, -0.2) is 0 Å². The lowest BCUT2D eigenvalue weighted by Gasteiger charge is -2.08. The van der Waals surface area contributed by atoms with Crippen LogP contribution in [0.5, 0.6) is 5.75 Å². The van der Waals surface area contributed by atoms with Crippen LogP contribution in [0.1, 0.15) is 16.3 Å². The third-order valence-electron chi connectivity index (χ3n) is 4.34. The van der Waals surface area contributed by atoms with Crippen LogP contribution < -0.4 is 10.1 Å². The van der Waals surface area contributed by atoms with E-state index in [4.69, 9.17) is 9.15 Å². The van der Waals surface area contributed by atoms with E-state index >= 15 is 0 Å². The maximum absolute atomic E-state index is 12.3. The number of ether oxygens (including phenoxy) is 1. The van der Waals surface area contributed by atoms with E-state index in [1.165, 1.54) is 24.3 Å². The van der Waals surface area contributed by atoms with Crippen LogP contribution in [0.25, 0.3) is 10.8 Å². The predicted molar refractivity (Wildman–Crippen MR) is 108 cm³/mol. The number of carbonyl (C=O) groups excluding carboxylic acids is 1. The Morgan fingerprint density at radius 1 is 0.966 bits per heavy atom. The molecule has 1 heterocycles. The molecule has 1 amide bonds. The van der Waals surface area contributed by atoms with Crippen molar-refractivity contribution in [1.29, 1.82) is 0 Å². The van der Waals surface area contributed by atoms with Gasteiger partial charge in [-0.1, -0.05) is 36.4 Å². The maximum Gasteiger partial charge on any atom is 0.291 e. The average molecular weight is 388 g/mol. The van der Waals surface area contributed by atoms with Crippen molar-refractivity contribution in [2.75, 3.05) is 5.32 Å². The topological polar surface area (TPSA) is 94.6 Å². The zero-order chi connectivity index (χ0) is 20.2. The molecule has 0 spiro atoms. The largest absolute Gasteiger partial charge is 0.485 e. The number of fused-ring (bicyclic) bond motifs is 1. The van der Waals surface area contributed by atoms with Crippen molar-refractivity contribution >= 4 is 28.1 Å².